The third-order valence-electron chi connectivity index (χ3n) is 1.80. The summed E-state index contributed by atoms with van der Waals surface area (Å²) in [7, 11) is 1.74. The quantitative estimate of drug-likeness (QED) is 0.497. The van der Waals surface area contributed by atoms with Gasteiger partial charge in [0.2, 0.25) is 0 Å². The number of nitrogens with one attached hydrogen (secondary N) is 3. The van der Waals surface area contributed by atoms with Crippen LogP contribution in [0, 0.1) is 0 Å². The van der Waals surface area contributed by atoms with Gasteiger partial charge in [0.25, 0.3) is 5.56 Å². The first-order chi connectivity index (χ1) is 6.18. The minimum absolute atomic E-state index is 0.351. The van der Waals surface area contributed by atoms with Crippen molar-refractivity contribution in [2.75, 3.05) is 17.3 Å². The molecule has 0 bridgehead atoms. The Kier molecular flexibility index (Phi) is 1.48. The molecule has 0 atom stereocenters. The van der Waals surface area contributed by atoms with Crippen LogP contribution in [0.5, 0.6) is 0 Å². The first-order valence-corrected chi connectivity index (χ1v) is 3.71. The van der Waals surface area contributed by atoms with E-state index >= 15 is 0 Å². The SMILES string of the molecule is CN1C=CNc2c1[nH]c(=O)[nH]c2=O. The van der Waals surface area contributed by atoms with Crippen molar-refractivity contribution in [2.24, 2.45) is 0 Å². The number of nitrogens with zero attached hydrogens (tertiary/aromatic N) is 1. The molecule has 1 aromatic heterocycles. The highest BCUT2D eigenvalue weighted by Crippen LogP contribution is 2.19. The van der Waals surface area contributed by atoms with Gasteiger partial charge in [-0.25, -0.2) is 4.79 Å². The van der Waals surface area contributed by atoms with Gasteiger partial charge in [-0.2, -0.15) is 0 Å². The van der Waals surface area contributed by atoms with E-state index < -0.39 is 11.2 Å². The number of aromatic amines is 2. The largest absolute Gasteiger partial charge is 0.353 e. The number of H-pyrrole nitrogens is 2. The summed E-state index contributed by atoms with van der Waals surface area (Å²) in [5.41, 5.74) is -0.577. The van der Waals surface area contributed by atoms with Crippen LogP contribution in [0.3, 0.4) is 0 Å². The molecule has 1 aliphatic heterocycles. The number of hydrogen-bond donors (Lipinski definition) is 3. The number of aromatic nitrogens is 2. The Morgan fingerprint density at radius 3 is 2.85 bits per heavy atom. The highest BCUT2D eigenvalue weighted by atomic mass is 16.2. The van der Waals surface area contributed by atoms with E-state index in [2.05, 4.69) is 15.3 Å². The van der Waals surface area contributed by atoms with Crippen molar-refractivity contribution in [3.8, 4) is 0 Å². The maximum atomic E-state index is 11.2. The Morgan fingerprint density at radius 2 is 2.08 bits per heavy atom. The van der Waals surface area contributed by atoms with Gasteiger partial charge in [-0.1, -0.05) is 0 Å². The zero-order valence-electron chi connectivity index (χ0n) is 6.92. The molecular weight excluding hydrogens is 172 g/mol. The summed E-state index contributed by atoms with van der Waals surface area (Å²) in [6.07, 6.45) is 3.33. The summed E-state index contributed by atoms with van der Waals surface area (Å²) >= 11 is 0. The highest BCUT2D eigenvalue weighted by Gasteiger charge is 2.13. The fraction of sp³-hybridized carbons (Fsp3) is 0.143. The van der Waals surface area contributed by atoms with Crippen molar-refractivity contribution in [1.29, 1.82) is 0 Å². The van der Waals surface area contributed by atoms with E-state index in [9.17, 15) is 9.59 Å². The molecule has 0 saturated heterocycles. The normalized spacial score (nSPS) is 13.8. The molecule has 68 valence electrons. The minimum Gasteiger partial charge on any atom is -0.353 e. The van der Waals surface area contributed by atoms with Gasteiger partial charge in [0.15, 0.2) is 0 Å². The predicted octanol–water partition coefficient (Wildman–Crippen LogP) is -0.604. The van der Waals surface area contributed by atoms with Crippen molar-refractivity contribution in [2.45, 2.75) is 0 Å². The second-order valence-electron chi connectivity index (χ2n) is 2.70. The maximum Gasteiger partial charge on any atom is 0.327 e. The molecule has 13 heavy (non-hydrogen) atoms. The Balaban J connectivity index is 2.75. The Labute approximate surface area is 72.9 Å². The lowest BCUT2D eigenvalue weighted by Gasteiger charge is -2.20. The highest BCUT2D eigenvalue weighted by molar-refractivity contribution is 5.68. The van der Waals surface area contributed by atoms with Crippen LogP contribution >= 0.6 is 0 Å². The van der Waals surface area contributed by atoms with Crippen molar-refractivity contribution in [1.82, 2.24) is 9.97 Å². The zero-order valence-corrected chi connectivity index (χ0v) is 6.92. The van der Waals surface area contributed by atoms with E-state index in [1.807, 2.05) is 0 Å². The van der Waals surface area contributed by atoms with Gasteiger partial charge in [0.05, 0.1) is 0 Å². The van der Waals surface area contributed by atoms with Gasteiger partial charge in [-0.3, -0.25) is 14.8 Å². The van der Waals surface area contributed by atoms with Crippen molar-refractivity contribution in [3.63, 3.8) is 0 Å². The summed E-state index contributed by atoms with van der Waals surface area (Å²) in [6, 6.07) is 0. The van der Waals surface area contributed by atoms with Gasteiger partial charge >= 0.3 is 5.69 Å². The number of hydrogen-bond acceptors (Lipinski definition) is 4. The lowest BCUT2D eigenvalue weighted by atomic mass is 10.4. The van der Waals surface area contributed by atoms with Crippen molar-refractivity contribution in [3.05, 3.63) is 33.2 Å². The van der Waals surface area contributed by atoms with Crippen LogP contribution < -0.4 is 21.5 Å². The number of anilines is 2. The van der Waals surface area contributed by atoms with Crippen LogP contribution in [-0.4, -0.2) is 17.0 Å². The van der Waals surface area contributed by atoms with E-state index in [-0.39, 0.29) is 0 Å². The molecule has 6 heteroatoms. The van der Waals surface area contributed by atoms with E-state index in [1.165, 1.54) is 0 Å². The van der Waals surface area contributed by atoms with Crippen LogP contribution in [0.25, 0.3) is 0 Å². The van der Waals surface area contributed by atoms with Gasteiger partial charge in [0, 0.05) is 19.4 Å². The van der Waals surface area contributed by atoms with Gasteiger partial charge in [0.1, 0.15) is 11.5 Å². The molecule has 2 rings (SSSR count). The molecule has 0 aliphatic carbocycles. The van der Waals surface area contributed by atoms with Crippen LogP contribution in [-0.2, 0) is 0 Å². The van der Waals surface area contributed by atoms with Crippen molar-refractivity contribution >= 4 is 11.5 Å². The zero-order chi connectivity index (χ0) is 9.42. The standard InChI is InChI=1S/C7H8N4O2/c1-11-3-2-8-4-5(11)9-7(13)10-6(4)12/h2-3,8H,1H3,(H2,9,10,12,13). The monoisotopic (exact) mass is 180 g/mol. The molecule has 0 unspecified atom stereocenters. The Hall–Kier alpha value is -1.98. The minimum atomic E-state index is -0.507. The lowest BCUT2D eigenvalue weighted by molar-refractivity contribution is 0.988. The average Bonchev–Trinajstić information content (AvgIpc) is 2.07. The molecule has 0 aromatic carbocycles. The number of rotatable bonds is 0. The molecule has 0 fully saturated rings. The lowest BCUT2D eigenvalue weighted by Crippen LogP contribution is -2.30. The second kappa shape index (κ2) is 2.51. The van der Waals surface area contributed by atoms with Crippen LogP contribution in [0.15, 0.2) is 22.0 Å². The molecule has 1 aliphatic rings. The molecule has 0 saturated carbocycles. The summed E-state index contributed by atoms with van der Waals surface area (Å²) in [5.74, 6) is 0.469. The summed E-state index contributed by atoms with van der Waals surface area (Å²) in [4.78, 5) is 28.5. The first-order valence-electron chi connectivity index (χ1n) is 3.71. The third-order valence-corrected chi connectivity index (χ3v) is 1.80. The van der Waals surface area contributed by atoms with Crippen LogP contribution in [0.2, 0.25) is 0 Å². The fourth-order valence-corrected chi connectivity index (χ4v) is 1.18. The third kappa shape index (κ3) is 1.12. The van der Waals surface area contributed by atoms with Crippen LogP contribution in [0.4, 0.5) is 11.5 Å². The van der Waals surface area contributed by atoms with Crippen LogP contribution in [0.1, 0.15) is 0 Å². The maximum absolute atomic E-state index is 11.2. The van der Waals surface area contributed by atoms with Gasteiger partial charge < -0.3 is 10.2 Å². The molecule has 3 N–H and O–H groups in total. The second-order valence-corrected chi connectivity index (χ2v) is 2.70. The summed E-state index contributed by atoms with van der Waals surface area (Å²) in [6.45, 7) is 0. The first kappa shape index (κ1) is 7.66. The summed E-state index contributed by atoms with van der Waals surface area (Å²) < 4.78 is 0. The topological polar surface area (TPSA) is 81.0 Å². The number of fused-ring (bicyclic) bond motifs is 1. The Morgan fingerprint density at radius 1 is 1.31 bits per heavy atom. The molecule has 1 aromatic rings. The fourth-order valence-electron chi connectivity index (χ4n) is 1.18. The Bertz CT molecular complexity index is 470. The smallest absolute Gasteiger partial charge is 0.327 e. The van der Waals surface area contributed by atoms with E-state index in [4.69, 9.17) is 0 Å². The molecule has 0 radical (unpaired) electrons. The van der Waals surface area contributed by atoms with Gasteiger partial charge in [-0.15, -0.1) is 0 Å². The molecule has 2 heterocycles. The van der Waals surface area contributed by atoms with E-state index in [1.54, 1.807) is 24.3 Å². The average molecular weight is 180 g/mol. The molecule has 6 nitrogen and oxygen atoms in total. The molecular formula is C7H8N4O2. The molecule has 0 spiro atoms. The van der Waals surface area contributed by atoms with Crippen molar-refractivity contribution < 1.29 is 0 Å². The van der Waals surface area contributed by atoms with E-state index in [0.717, 1.165) is 0 Å². The summed E-state index contributed by atoms with van der Waals surface area (Å²) in [5, 5.41) is 2.75. The van der Waals surface area contributed by atoms with Gasteiger partial charge in [-0.05, 0) is 0 Å². The predicted molar refractivity (Wildman–Crippen MR) is 48.8 cm³/mol. The van der Waals surface area contributed by atoms with E-state index in [0.29, 0.717) is 11.5 Å². The molecule has 0 amide bonds.